The van der Waals surface area contributed by atoms with Gasteiger partial charge in [0.2, 0.25) is 0 Å². The van der Waals surface area contributed by atoms with Gasteiger partial charge in [-0.25, -0.2) is 0 Å². The van der Waals surface area contributed by atoms with Crippen LogP contribution >= 0.6 is 0 Å². The molecule has 31 heavy (non-hydrogen) atoms. The molecule has 2 fully saturated rings. The highest BCUT2D eigenvalue weighted by Crippen LogP contribution is 2.29. The van der Waals surface area contributed by atoms with Crippen molar-refractivity contribution in [3.63, 3.8) is 0 Å². The Morgan fingerprint density at radius 2 is 1.55 bits per heavy atom. The van der Waals surface area contributed by atoms with Crippen molar-refractivity contribution in [3.05, 3.63) is 23.8 Å². The number of methoxy groups -OCH3 is 1. The summed E-state index contributed by atoms with van der Waals surface area (Å²) in [7, 11) is 1.68. The third kappa shape index (κ3) is 7.32. The van der Waals surface area contributed by atoms with Crippen LogP contribution in [0.5, 0.6) is 11.5 Å². The number of piperazine rings is 2. The first-order valence-corrected chi connectivity index (χ1v) is 11.9. The van der Waals surface area contributed by atoms with E-state index in [1.807, 2.05) is 6.07 Å². The van der Waals surface area contributed by atoms with Gasteiger partial charge in [-0.05, 0) is 38.1 Å². The van der Waals surface area contributed by atoms with E-state index in [9.17, 15) is 5.11 Å². The van der Waals surface area contributed by atoms with Gasteiger partial charge in [0.05, 0.1) is 7.11 Å². The largest absolute Gasteiger partial charge is 0.493 e. The lowest BCUT2D eigenvalue weighted by molar-refractivity contribution is 0.0464. The minimum atomic E-state index is -0.505. The van der Waals surface area contributed by atoms with E-state index < -0.39 is 6.10 Å². The van der Waals surface area contributed by atoms with Gasteiger partial charge in [0.1, 0.15) is 12.7 Å². The highest BCUT2D eigenvalue weighted by atomic mass is 16.5. The molecule has 0 spiro atoms. The summed E-state index contributed by atoms with van der Waals surface area (Å²) in [5.74, 6) is 1.44. The third-order valence-corrected chi connectivity index (χ3v) is 6.58. The van der Waals surface area contributed by atoms with Crippen LogP contribution in [0, 0.1) is 0 Å². The maximum absolute atomic E-state index is 10.4. The van der Waals surface area contributed by atoms with Crippen LogP contribution in [0.3, 0.4) is 0 Å². The highest BCUT2D eigenvalue weighted by molar-refractivity contribution is 5.43. The molecule has 176 valence electrons. The van der Waals surface area contributed by atoms with Crippen LogP contribution in [-0.2, 0) is 6.54 Å². The van der Waals surface area contributed by atoms with E-state index >= 15 is 0 Å². The van der Waals surface area contributed by atoms with Crippen molar-refractivity contribution >= 4 is 0 Å². The predicted molar refractivity (Wildman–Crippen MR) is 125 cm³/mol. The van der Waals surface area contributed by atoms with E-state index in [0.717, 1.165) is 71.2 Å². The number of likely N-dealkylation sites (N-methyl/N-ethyl adjacent to an activating group) is 1. The molecule has 2 aliphatic rings. The lowest BCUT2D eigenvalue weighted by Crippen LogP contribution is -2.49. The normalized spacial score (nSPS) is 20.8. The monoisotopic (exact) mass is 434 g/mol. The Bertz CT molecular complexity index is 656. The summed E-state index contributed by atoms with van der Waals surface area (Å²) in [4.78, 5) is 9.79. The molecule has 2 heterocycles. The van der Waals surface area contributed by atoms with E-state index in [1.54, 1.807) is 7.11 Å². The topological polar surface area (TPSA) is 51.7 Å². The summed E-state index contributed by atoms with van der Waals surface area (Å²) in [6.07, 6.45) is -0.505. The van der Waals surface area contributed by atoms with Gasteiger partial charge in [0, 0.05) is 71.5 Å². The average Bonchev–Trinajstić information content (AvgIpc) is 2.79. The Morgan fingerprint density at radius 3 is 2.16 bits per heavy atom. The number of hydrogen-bond acceptors (Lipinski definition) is 7. The van der Waals surface area contributed by atoms with Crippen LogP contribution in [0.1, 0.15) is 26.3 Å². The van der Waals surface area contributed by atoms with Gasteiger partial charge in [-0.15, -0.1) is 0 Å². The second kappa shape index (κ2) is 12.0. The minimum absolute atomic E-state index is 0.279. The van der Waals surface area contributed by atoms with Gasteiger partial charge >= 0.3 is 0 Å². The summed E-state index contributed by atoms with van der Waals surface area (Å²) >= 11 is 0. The summed E-state index contributed by atoms with van der Waals surface area (Å²) < 4.78 is 11.5. The number of β-amino-alcohol motifs (C(OH)–C–C–N with tert-alkyl or cyclic N) is 1. The molecule has 2 aliphatic heterocycles. The van der Waals surface area contributed by atoms with Gasteiger partial charge in [-0.2, -0.15) is 0 Å². The van der Waals surface area contributed by atoms with Crippen molar-refractivity contribution in [1.82, 2.24) is 19.6 Å². The van der Waals surface area contributed by atoms with Crippen LogP contribution in [0.15, 0.2) is 18.2 Å². The molecule has 0 aromatic heterocycles. The van der Waals surface area contributed by atoms with E-state index in [-0.39, 0.29) is 6.61 Å². The Balaban J connectivity index is 1.45. The second-order valence-electron chi connectivity index (χ2n) is 9.09. The molecule has 0 radical (unpaired) electrons. The fourth-order valence-electron chi connectivity index (χ4n) is 4.45. The zero-order valence-corrected chi connectivity index (χ0v) is 19.9. The Hall–Kier alpha value is -1.38. The zero-order valence-electron chi connectivity index (χ0n) is 19.9. The first kappa shape index (κ1) is 24.3. The molecular formula is C24H42N4O3. The molecule has 0 bridgehead atoms. The molecule has 0 saturated carbocycles. The van der Waals surface area contributed by atoms with Gasteiger partial charge < -0.3 is 19.5 Å². The number of aliphatic hydroxyl groups excluding tert-OH is 1. The van der Waals surface area contributed by atoms with E-state index in [2.05, 4.69) is 52.5 Å². The van der Waals surface area contributed by atoms with Crippen LogP contribution in [0.2, 0.25) is 0 Å². The third-order valence-electron chi connectivity index (χ3n) is 6.58. The van der Waals surface area contributed by atoms with Crippen LogP contribution in [-0.4, -0.2) is 116 Å². The van der Waals surface area contributed by atoms with Crippen molar-refractivity contribution < 1.29 is 14.6 Å². The molecule has 3 rings (SSSR count). The summed E-state index contributed by atoms with van der Waals surface area (Å²) in [5, 5.41) is 10.4. The van der Waals surface area contributed by atoms with Gasteiger partial charge in [0.25, 0.3) is 0 Å². The molecule has 7 heteroatoms. The molecule has 7 nitrogen and oxygen atoms in total. The van der Waals surface area contributed by atoms with Crippen molar-refractivity contribution in [2.75, 3.05) is 79.2 Å². The van der Waals surface area contributed by atoms with Gasteiger partial charge in [-0.3, -0.25) is 14.7 Å². The summed E-state index contributed by atoms with van der Waals surface area (Å²) in [5.41, 5.74) is 1.23. The molecular weight excluding hydrogens is 392 g/mol. The molecule has 2 saturated heterocycles. The number of aliphatic hydroxyl groups is 1. The summed E-state index contributed by atoms with van der Waals surface area (Å²) in [6, 6.07) is 6.78. The number of nitrogens with zero attached hydrogens (tertiary/aromatic N) is 4. The number of ether oxygens (including phenoxy) is 2. The number of benzene rings is 1. The van der Waals surface area contributed by atoms with Crippen LogP contribution in [0.4, 0.5) is 0 Å². The first-order valence-electron chi connectivity index (χ1n) is 11.9. The highest BCUT2D eigenvalue weighted by Gasteiger charge is 2.20. The average molecular weight is 435 g/mol. The first-order chi connectivity index (χ1) is 15.0. The van der Waals surface area contributed by atoms with Crippen molar-refractivity contribution in [2.24, 2.45) is 0 Å². The van der Waals surface area contributed by atoms with Crippen LogP contribution in [0.25, 0.3) is 0 Å². The molecule has 1 aromatic rings. The SMILES string of the molecule is CCN1CCN(C[C@@H](O)COc2ccc(CN3CCN(C(C)C)CC3)cc2OC)CC1. The smallest absolute Gasteiger partial charge is 0.161 e. The molecule has 0 aliphatic carbocycles. The van der Waals surface area contributed by atoms with Gasteiger partial charge in [0.15, 0.2) is 11.5 Å². The summed E-state index contributed by atoms with van der Waals surface area (Å²) in [6.45, 7) is 18.3. The number of hydrogen-bond donors (Lipinski definition) is 1. The molecule has 0 unspecified atom stereocenters. The molecule has 1 N–H and O–H groups in total. The standard InChI is InChI=1S/C24H42N4O3/c1-5-25-8-10-27(11-9-25)18-22(29)19-31-23-7-6-21(16-24(23)30-4)17-26-12-14-28(15-13-26)20(2)3/h6-7,16,20,22,29H,5,8-15,17-19H2,1-4H3/t22-/m1/s1. The van der Waals surface area contributed by atoms with Crippen molar-refractivity contribution in [2.45, 2.75) is 39.5 Å². The number of rotatable bonds is 10. The predicted octanol–water partition coefficient (Wildman–Crippen LogP) is 1.60. The van der Waals surface area contributed by atoms with Crippen molar-refractivity contribution in [1.29, 1.82) is 0 Å². The van der Waals surface area contributed by atoms with E-state index in [4.69, 9.17) is 9.47 Å². The fourth-order valence-corrected chi connectivity index (χ4v) is 4.45. The van der Waals surface area contributed by atoms with E-state index in [1.165, 1.54) is 5.56 Å². The Morgan fingerprint density at radius 1 is 0.903 bits per heavy atom. The maximum atomic E-state index is 10.4. The molecule has 1 aromatic carbocycles. The quantitative estimate of drug-likeness (QED) is 0.600. The fraction of sp³-hybridized carbons (Fsp3) is 0.750. The van der Waals surface area contributed by atoms with Crippen molar-refractivity contribution in [3.8, 4) is 11.5 Å². The molecule has 0 amide bonds. The van der Waals surface area contributed by atoms with Crippen LogP contribution < -0.4 is 9.47 Å². The van der Waals surface area contributed by atoms with Gasteiger partial charge in [-0.1, -0.05) is 13.0 Å². The Kier molecular flexibility index (Phi) is 9.41. The van der Waals surface area contributed by atoms with E-state index in [0.29, 0.717) is 18.3 Å². The lowest BCUT2D eigenvalue weighted by atomic mass is 10.1. The Labute approximate surface area is 188 Å². The zero-order chi connectivity index (χ0) is 22.2. The maximum Gasteiger partial charge on any atom is 0.161 e. The lowest BCUT2D eigenvalue weighted by Gasteiger charge is -2.37. The molecule has 1 atom stereocenters. The second-order valence-corrected chi connectivity index (χ2v) is 9.09. The minimum Gasteiger partial charge on any atom is -0.493 e.